The standard InChI is InChI=1S/C18H21N3O4/c22-18(14-6-8-15(9-7-14)21(23)24)19-13-16(17-5-4-12-25-17)20-10-2-1-3-11-20/h4-9,12,16H,1-3,10-11,13H2,(H,19,22). The molecule has 1 aliphatic heterocycles. The Hall–Kier alpha value is -2.67. The highest BCUT2D eigenvalue weighted by atomic mass is 16.6. The number of nitrogens with one attached hydrogen (secondary N) is 1. The number of nitro groups is 1. The molecule has 7 heteroatoms. The van der Waals surface area contributed by atoms with E-state index in [0.29, 0.717) is 12.1 Å². The summed E-state index contributed by atoms with van der Waals surface area (Å²) in [5.74, 6) is 0.592. The molecule has 1 amide bonds. The van der Waals surface area contributed by atoms with E-state index < -0.39 is 4.92 Å². The fourth-order valence-electron chi connectivity index (χ4n) is 3.15. The largest absolute Gasteiger partial charge is 0.468 e. The van der Waals surface area contributed by atoms with Crippen molar-refractivity contribution in [3.05, 3.63) is 64.1 Å². The maximum Gasteiger partial charge on any atom is 0.269 e. The molecule has 0 radical (unpaired) electrons. The molecule has 0 aliphatic carbocycles. The molecule has 2 aromatic rings. The van der Waals surface area contributed by atoms with Crippen LogP contribution in [0.5, 0.6) is 0 Å². The SMILES string of the molecule is O=C(NCC(c1ccco1)N1CCCCC1)c1ccc([N+](=O)[O-])cc1. The van der Waals surface area contributed by atoms with Crippen LogP contribution in [0.2, 0.25) is 0 Å². The Bertz CT molecular complexity index is 706. The van der Waals surface area contributed by atoms with E-state index in [1.54, 1.807) is 6.26 Å². The van der Waals surface area contributed by atoms with E-state index in [4.69, 9.17) is 4.42 Å². The van der Waals surface area contributed by atoms with Crippen LogP contribution in [-0.4, -0.2) is 35.4 Å². The number of amides is 1. The number of likely N-dealkylation sites (tertiary alicyclic amines) is 1. The van der Waals surface area contributed by atoms with Crippen LogP contribution >= 0.6 is 0 Å². The molecule has 0 saturated carbocycles. The maximum absolute atomic E-state index is 12.4. The number of hydrogen-bond donors (Lipinski definition) is 1. The van der Waals surface area contributed by atoms with Crippen LogP contribution in [0.1, 0.15) is 41.4 Å². The number of hydrogen-bond acceptors (Lipinski definition) is 5. The van der Waals surface area contributed by atoms with Gasteiger partial charge in [0, 0.05) is 24.2 Å². The summed E-state index contributed by atoms with van der Waals surface area (Å²) >= 11 is 0. The third-order valence-corrected chi connectivity index (χ3v) is 4.50. The molecule has 3 rings (SSSR count). The topological polar surface area (TPSA) is 88.6 Å². The van der Waals surface area contributed by atoms with E-state index in [9.17, 15) is 14.9 Å². The van der Waals surface area contributed by atoms with Gasteiger partial charge in [-0.05, 0) is 50.2 Å². The summed E-state index contributed by atoms with van der Waals surface area (Å²) in [6.45, 7) is 2.40. The van der Waals surface area contributed by atoms with Crippen molar-refractivity contribution in [3.8, 4) is 0 Å². The highest BCUT2D eigenvalue weighted by molar-refractivity contribution is 5.94. The van der Waals surface area contributed by atoms with Crippen molar-refractivity contribution in [2.75, 3.05) is 19.6 Å². The minimum Gasteiger partial charge on any atom is -0.468 e. The second-order valence-electron chi connectivity index (χ2n) is 6.14. The Kier molecular flexibility index (Phi) is 5.45. The summed E-state index contributed by atoms with van der Waals surface area (Å²) in [5, 5.41) is 13.6. The zero-order valence-electron chi connectivity index (χ0n) is 13.9. The van der Waals surface area contributed by atoms with Gasteiger partial charge in [-0.2, -0.15) is 0 Å². The lowest BCUT2D eigenvalue weighted by atomic mass is 10.1. The van der Waals surface area contributed by atoms with E-state index in [2.05, 4.69) is 10.2 Å². The van der Waals surface area contributed by atoms with E-state index in [1.807, 2.05) is 12.1 Å². The van der Waals surface area contributed by atoms with Crippen molar-refractivity contribution in [1.82, 2.24) is 10.2 Å². The lowest BCUT2D eigenvalue weighted by Gasteiger charge is -2.33. The predicted molar refractivity (Wildman–Crippen MR) is 92.3 cm³/mol. The molecule has 132 valence electrons. The van der Waals surface area contributed by atoms with Gasteiger partial charge < -0.3 is 9.73 Å². The summed E-state index contributed by atoms with van der Waals surface area (Å²) in [5.41, 5.74) is 0.376. The molecule has 1 N–H and O–H groups in total. The van der Waals surface area contributed by atoms with Crippen LogP contribution in [0.15, 0.2) is 47.1 Å². The quantitative estimate of drug-likeness (QED) is 0.643. The number of piperidine rings is 1. The van der Waals surface area contributed by atoms with Crippen molar-refractivity contribution in [2.24, 2.45) is 0 Å². The first-order valence-electron chi connectivity index (χ1n) is 8.45. The Morgan fingerprint density at radius 2 is 1.92 bits per heavy atom. The number of furan rings is 1. The van der Waals surface area contributed by atoms with Crippen molar-refractivity contribution < 1.29 is 14.1 Å². The minimum atomic E-state index is -0.481. The first kappa shape index (κ1) is 17.2. The van der Waals surface area contributed by atoms with E-state index in [0.717, 1.165) is 31.7 Å². The fraction of sp³-hybridized carbons (Fsp3) is 0.389. The van der Waals surface area contributed by atoms with E-state index in [-0.39, 0.29) is 17.6 Å². The molecule has 1 unspecified atom stereocenters. The second-order valence-corrected chi connectivity index (χ2v) is 6.14. The Labute approximate surface area is 145 Å². The molecule has 25 heavy (non-hydrogen) atoms. The van der Waals surface area contributed by atoms with Gasteiger partial charge in [-0.15, -0.1) is 0 Å². The maximum atomic E-state index is 12.4. The molecule has 1 aliphatic rings. The number of carbonyl (C=O) groups excluding carboxylic acids is 1. The van der Waals surface area contributed by atoms with Gasteiger partial charge in [0.05, 0.1) is 17.2 Å². The molecule has 1 fully saturated rings. The first-order valence-corrected chi connectivity index (χ1v) is 8.45. The van der Waals surface area contributed by atoms with Gasteiger partial charge >= 0.3 is 0 Å². The second kappa shape index (κ2) is 7.94. The lowest BCUT2D eigenvalue weighted by molar-refractivity contribution is -0.384. The minimum absolute atomic E-state index is 0.00250. The fourth-order valence-corrected chi connectivity index (χ4v) is 3.15. The van der Waals surface area contributed by atoms with Crippen LogP contribution in [0.4, 0.5) is 5.69 Å². The summed E-state index contributed by atoms with van der Waals surface area (Å²) in [6.07, 6.45) is 5.17. The van der Waals surface area contributed by atoms with Crippen molar-refractivity contribution in [2.45, 2.75) is 25.3 Å². The highest BCUT2D eigenvalue weighted by Gasteiger charge is 2.25. The molecule has 1 aromatic heterocycles. The zero-order valence-corrected chi connectivity index (χ0v) is 13.9. The smallest absolute Gasteiger partial charge is 0.269 e. The molecular weight excluding hydrogens is 322 g/mol. The van der Waals surface area contributed by atoms with Gasteiger partial charge in [-0.1, -0.05) is 6.42 Å². The first-order chi connectivity index (χ1) is 12.1. The predicted octanol–water partition coefficient (Wildman–Crippen LogP) is 3.14. The number of rotatable bonds is 6. The monoisotopic (exact) mass is 343 g/mol. The van der Waals surface area contributed by atoms with Crippen molar-refractivity contribution in [1.29, 1.82) is 0 Å². The van der Waals surface area contributed by atoms with Crippen LogP contribution in [0.3, 0.4) is 0 Å². The molecule has 7 nitrogen and oxygen atoms in total. The third kappa shape index (κ3) is 4.24. The molecule has 1 aromatic carbocycles. The van der Waals surface area contributed by atoms with Crippen LogP contribution in [-0.2, 0) is 0 Å². The van der Waals surface area contributed by atoms with Gasteiger partial charge in [0.25, 0.3) is 11.6 Å². The van der Waals surface area contributed by atoms with Crippen LogP contribution in [0, 0.1) is 10.1 Å². The molecule has 2 heterocycles. The molecular formula is C18H21N3O4. The van der Waals surface area contributed by atoms with Gasteiger partial charge in [0.1, 0.15) is 5.76 Å². The van der Waals surface area contributed by atoms with Crippen molar-refractivity contribution >= 4 is 11.6 Å². The Balaban J connectivity index is 1.65. The molecule has 1 atom stereocenters. The number of non-ortho nitro benzene ring substituents is 1. The summed E-state index contributed by atoms with van der Waals surface area (Å²) in [7, 11) is 0. The van der Waals surface area contributed by atoms with Crippen LogP contribution in [0.25, 0.3) is 0 Å². The van der Waals surface area contributed by atoms with Gasteiger partial charge in [0.2, 0.25) is 0 Å². The lowest BCUT2D eigenvalue weighted by Crippen LogP contribution is -2.40. The highest BCUT2D eigenvalue weighted by Crippen LogP contribution is 2.24. The molecule has 0 spiro atoms. The Morgan fingerprint density at radius 1 is 1.20 bits per heavy atom. The molecule has 0 bridgehead atoms. The number of carbonyl (C=O) groups is 1. The zero-order chi connectivity index (χ0) is 17.6. The average molecular weight is 343 g/mol. The summed E-state index contributed by atoms with van der Waals surface area (Å²) in [6, 6.07) is 9.39. The number of benzene rings is 1. The summed E-state index contributed by atoms with van der Waals surface area (Å²) < 4.78 is 5.56. The normalized spacial score (nSPS) is 16.3. The van der Waals surface area contributed by atoms with Gasteiger partial charge in [-0.3, -0.25) is 19.8 Å². The third-order valence-electron chi connectivity index (χ3n) is 4.50. The van der Waals surface area contributed by atoms with Gasteiger partial charge in [-0.25, -0.2) is 0 Å². The van der Waals surface area contributed by atoms with Crippen molar-refractivity contribution in [3.63, 3.8) is 0 Å². The molecule has 1 saturated heterocycles. The Morgan fingerprint density at radius 3 is 2.52 bits per heavy atom. The van der Waals surface area contributed by atoms with Crippen LogP contribution < -0.4 is 5.32 Å². The van der Waals surface area contributed by atoms with Gasteiger partial charge in [0.15, 0.2) is 0 Å². The number of nitrogens with zero attached hydrogens (tertiary/aromatic N) is 2. The van der Waals surface area contributed by atoms with E-state index >= 15 is 0 Å². The average Bonchev–Trinajstić information content (AvgIpc) is 3.17. The number of nitro benzene ring substituents is 1. The summed E-state index contributed by atoms with van der Waals surface area (Å²) in [4.78, 5) is 24.9. The van der Waals surface area contributed by atoms with E-state index in [1.165, 1.54) is 30.7 Å².